The Balaban J connectivity index is 2.03. The molecule has 14 heavy (non-hydrogen) atoms. The van der Waals surface area contributed by atoms with Crippen LogP contribution in [0, 0.1) is 6.92 Å². The molecule has 76 valence electrons. The highest BCUT2D eigenvalue weighted by molar-refractivity contribution is 7.09. The van der Waals surface area contributed by atoms with Gasteiger partial charge in [-0.15, -0.1) is 11.3 Å². The van der Waals surface area contributed by atoms with Crippen molar-refractivity contribution >= 4 is 11.3 Å². The van der Waals surface area contributed by atoms with Crippen LogP contribution in [0.2, 0.25) is 0 Å². The predicted molar refractivity (Wildman–Crippen MR) is 59.5 cm³/mol. The molecule has 4 heteroatoms. The Morgan fingerprint density at radius 1 is 1.71 bits per heavy atom. The summed E-state index contributed by atoms with van der Waals surface area (Å²) < 4.78 is 0. The average Bonchev–Trinajstić information content (AvgIpc) is 2.51. The molecular formula is C10H15N3S. The van der Waals surface area contributed by atoms with E-state index in [0.29, 0.717) is 0 Å². The molecule has 0 saturated carbocycles. The Bertz CT molecular complexity index is 343. The van der Waals surface area contributed by atoms with Gasteiger partial charge in [-0.3, -0.25) is 0 Å². The van der Waals surface area contributed by atoms with E-state index in [1.165, 1.54) is 5.57 Å². The van der Waals surface area contributed by atoms with E-state index in [0.717, 1.165) is 30.2 Å². The van der Waals surface area contributed by atoms with Crippen LogP contribution in [0.25, 0.3) is 0 Å². The quantitative estimate of drug-likeness (QED) is 0.710. The summed E-state index contributed by atoms with van der Waals surface area (Å²) in [5.74, 6) is 0. The number of hydrogen-bond donors (Lipinski definition) is 2. The molecule has 0 saturated heterocycles. The number of nitrogens with two attached hydrogens (primary N) is 1. The zero-order valence-electron chi connectivity index (χ0n) is 8.29. The Morgan fingerprint density at radius 2 is 2.57 bits per heavy atom. The van der Waals surface area contributed by atoms with Crippen LogP contribution in [0.5, 0.6) is 0 Å². The molecule has 1 aliphatic rings. The first kappa shape index (κ1) is 9.83. The maximum Gasteiger partial charge on any atom is 0.0897 e. The number of hydrogen-bond acceptors (Lipinski definition) is 4. The fourth-order valence-corrected chi connectivity index (χ4v) is 2.28. The highest BCUT2D eigenvalue weighted by Crippen LogP contribution is 2.13. The first-order valence-corrected chi connectivity index (χ1v) is 5.69. The van der Waals surface area contributed by atoms with Crippen molar-refractivity contribution in [1.82, 2.24) is 10.3 Å². The minimum atomic E-state index is 0.165. The third kappa shape index (κ3) is 2.41. The van der Waals surface area contributed by atoms with Gasteiger partial charge in [0.25, 0.3) is 0 Å². The van der Waals surface area contributed by atoms with Gasteiger partial charge in [0.2, 0.25) is 0 Å². The number of thiazole rings is 1. The van der Waals surface area contributed by atoms with Crippen molar-refractivity contribution in [2.75, 3.05) is 13.1 Å². The largest absolute Gasteiger partial charge is 0.323 e. The monoisotopic (exact) mass is 209 g/mol. The Labute approximate surface area is 88.0 Å². The van der Waals surface area contributed by atoms with Gasteiger partial charge in [0.05, 0.1) is 10.7 Å². The molecule has 1 aromatic heterocycles. The van der Waals surface area contributed by atoms with E-state index in [4.69, 9.17) is 5.73 Å². The maximum absolute atomic E-state index is 5.83. The van der Waals surface area contributed by atoms with Crippen molar-refractivity contribution < 1.29 is 0 Å². The average molecular weight is 209 g/mol. The van der Waals surface area contributed by atoms with E-state index >= 15 is 0 Å². The summed E-state index contributed by atoms with van der Waals surface area (Å²) in [5, 5.41) is 6.55. The molecule has 3 N–H and O–H groups in total. The molecule has 3 nitrogen and oxygen atoms in total. The van der Waals surface area contributed by atoms with Crippen LogP contribution in [0.4, 0.5) is 0 Å². The molecule has 0 radical (unpaired) electrons. The van der Waals surface area contributed by atoms with Gasteiger partial charge in [-0.1, -0.05) is 11.6 Å². The van der Waals surface area contributed by atoms with Gasteiger partial charge in [-0.25, -0.2) is 4.98 Å². The van der Waals surface area contributed by atoms with Crippen LogP contribution in [0.3, 0.4) is 0 Å². The van der Waals surface area contributed by atoms with Crippen LogP contribution in [0.1, 0.15) is 10.7 Å². The van der Waals surface area contributed by atoms with E-state index in [2.05, 4.69) is 21.8 Å². The van der Waals surface area contributed by atoms with Crippen molar-refractivity contribution in [3.05, 3.63) is 27.7 Å². The van der Waals surface area contributed by atoms with Crippen LogP contribution >= 0.6 is 11.3 Å². The molecule has 0 aliphatic carbocycles. The highest BCUT2D eigenvalue weighted by Gasteiger charge is 2.10. The van der Waals surface area contributed by atoms with Crippen LogP contribution in [-0.2, 0) is 6.42 Å². The zero-order valence-corrected chi connectivity index (χ0v) is 9.10. The third-order valence-corrected chi connectivity index (χ3v) is 3.08. The third-order valence-electron chi connectivity index (χ3n) is 2.26. The fourth-order valence-electron chi connectivity index (χ4n) is 1.66. The minimum absolute atomic E-state index is 0.165. The molecule has 1 aromatic rings. The van der Waals surface area contributed by atoms with E-state index < -0.39 is 0 Å². The maximum atomic E-state index is 5.83. The van der Waals surface area contributed by atoms with Crippen molar-refractivity contribution in [3.63, 3.8) is 0 Å². The van der Waals surface area contributed by atoms with Crippen LogP contribution in [0.15, 0.2) is 17.0 Å². The topological polar surface area (TPSA) is 50.9 Å². The lowest BCUT2D eigenvalue weighted by molar-refractivity contribution is 0.626. The van der Waals surface area contributed by atoms with E-state index in [1.54, 1.807) is 11.3 Å². The second-order valence-electron chi connectivity index (χ2n) is 3.65. The second-order valence-corrected chi connectivity index (χ2v) is 4.72. The summed E-state index contributed by atoms with van der Waals surface area (Å²) >= 11 is 1.70. The molecule has 0 bridgehead atoms. The molecule has 0 amide bonds. The SMILES string of the molecule is Cc1nc(CC2=CC(N)CNC2)cs1. The highest BCUT2D eigenvalue weighted by atomic mass is 32.1. The van der Waals surface area contributed by atoms with Gasteiger partial charge in [0.15, 0.2) is 0 Å². The fraction of sp³-hybridized carbons (Fsp3) is 0.500. The zero-order chi connectivity index (χ0) is 9.97. The number of nitrogens with zero attached hydrogens (tertiary/aromatic N) is 1. The smallest absolute Gasteiger partial charge is 0.0897 e. The van der Waals surface area contributed by atoms with Gasteiger partial charge < -0.3 is 11.1 Å². The van der Waals surface area contributed by atoms with Gasteiger partial charge >= 0.3 is 0 Å². The lowest BCUT2D eigenvalue weighted by atomic mass is 10.0. The summed E-state index contributed by atoms with van der Waals surface area (Å²) in [4.78, 5) is 4.44. The van der Waals surface area contributed by atoms with Gasteiger partial charge in [-0.2, -0.15) is 0 Å². The normalized spacial score (nSPS) is 22.1. The molecule has 2 rings (SSSR count). The predicted octanol–water partition coefficient (Wildman–Crippen LogP) is 0.851. The molecule has 2 heterocycles. The van der Waals surface area contributed by atoms with E-state index in [9.17, 15) is 0 Å². The van der Waals surface area contributed by atoms with Gasteiger partial charge in [-0.05, 0) is 6.92 Å². The first-order chi connectivity index (χ1) is 6.74. The van der Waals surface area contributed by atoms with Gasteiger partial charge in [0.1, 0.15) is 0 Å². The summed E-state index contributed by atoms with van der Waals surface area (Å²) in [5.41, 5.74) is 8.34. The first-order valence-electron chi connectivity index (χ1n) is 4.81. The van der Waals surface area contributed by atoms with Crippen LogP contribution < -0.4 is 11.1 Å². The van der Waals surface area contributed by atoms with E-state index in [1.807, 2.05) is 6.92 Å². The van der Waals surface area contributed by atoms with Crippen molar-refractivity contribution in [1.29, 1.82) is 0 Å². The summed E-state index contributed by atoms with van der Waals surface area (Å²) in [6.07, 6.45) is 3.09. The van der Waals surface area contributed by atoms with E-state index in [-0.39, 0.29) is 6.04 Å². The Morgan fingerprint density at radius 3 is 3.21 bits per heavy atom. The Hall–Kier alpha value is -0.710. The standard InChI is InChI=1S/C10H15N3S/c1-7-13-10(6-14-7)3-8-2-9(11)5-12-4-8/h2,6,9,12H,3-5,11H2,1H3. The van der Waals surface area contributed by atoms with Crippen molar-refractivity contribution in [3.8, 4) is 0 Å². The molecule has 0 fully saturated rings. The van der Waals surface area contributed by atoms with Crippen molar-refractivity contribution in [2.45, 2.75) is 19.4 Å². The lowest BCUT2D eigenvalue weighted by Gasteiger charge is -2.18. The van der Waals surface area contributed by atoms with Crippen molar-refractivity contribution in [2.24, 2.45) is 5.73 Å². The minimum Gasteiger partial charge on any atom is -0.323 e. The van der Waals surface area contributed by atoms with Gasteiger partial charge in [0, 0.05) is 30.9 Å². The number of aryl methyl sites for hydroxylation is 1. The summed E-state index contributed by atoms with van der Waals surface area (Å²) in [7, 11) is 0. The number of nitrogens with one attached hydrogen (secondary N) is 1. The molecule has 0 spiro atoms. The lowest BCUT2D eigenvalue weighted by Crippen LogP contribution is -2.38. The second kappa shape index (κ2) is 4.21. The van der Waals surface area contributed by atoms with Crippen LogP contribution in [-0.4, -0.2) is 24.1 Å². The molecule has 1 aliphatic heterocycles. The molecule has 0 aromatic carbocycles. The molecule has 1 atom stereocenters. The summed E-state index contributed by atoms with van der Waals surface area (Å²) in [6, 6.07) is 0.165. The molecule has 1 unspecified atom stereocenters. The number of rotatable bonds is 2. The number of aromatic nitrogens is 1. The summed E-state index contributed by atoms with van der Waals surface area (Å²) in [6.45, 7) is 3.87. The molecular weight excluding hydrogens is 194 g/mol. The Kier molecular flexibility index (Phi) is 2.96.